The highest BCUT2D eigenvalue weighted by Crippen LogP contribution is 2.18. The Kier molecular flexibility index (Phi) is 4.65. The van der Waals surface area contributed by atoms with Crippen LogP contribution in [0.15, 0.2) is 22.9 Å². The lowest BCUT2D eigenvalue weighted by atomic mass is 10.1. The smallest absolute Gasteiger partial charge is 0.251 e. The molecular weight excluding hydrogens is 284 g/mol. The zero-order chi connectivity index (χ0) is 13.1. The second-order valence-corrected chi connectivity index (χ2v) is 5.42. The minimum atomic E-state index is -0.361. The standard InChI is InChI=1S/C12H17BrN2O2/c1-12(2,3)15(17-4)10(16)8-9-6-5-7-14-11(9)13/h5-7H,8H2,1-4H3. The maximum atomic E-state index is 12.1. The van der Waals surface area contributed by atoms with Crippen LogP contribution in [0, 0.1) is 0 Å². The number of carbonyl (C=O) groups is 1. The Bertz CT molecular complexity index is 402. The Morgan fingerprint density at radius 1 is 1.53 bits per heavy atom. The van der Waals surface area contributed by atoms with E-state index in [2.05, 4.69) is 20.9 Å². The first-order chi connectivity index (χ1) is 7.86. The van der Waals surface area contributed by atoms with Crippen molar-refractivity contribution in [3.05, 3.63) is 28.5 Å². The zero-order valence-electron chi connectivity index (χ0n) is 10.5. The summed E-state index contributed by atoms with van der Waals surface area (Å²) in [7, 11) is 1.50. The maximum absolute atomic E-state index is 12.1. The van der Waals surface area contributed by atoms with Crippen molar-refractivity contribution in [1.82, 2.24) is 10.0 Å². The predicted octanol–water partition coefficient (Wildman–Crippen LogP) is 2.58. The summed E-state index contributed by atoms with van der Waals surface area (Å²) in [4.78, 5) is 21.3. The topological polar surface area (TPSA) is 42.4 Å². The molecule has 1 rings (SSSR count). The molecule has 1 aromatic heterocycles. The minimum absolute atomic E-state index is 0.0892. The number of hydroxylamine groups is 2. The molecule has 0 saturated carbocycles. The third-order valence-corrected chi connectivity index (χ3v) is 2.91. The third kappa shape index (κ3) is 3.78. The van der Waals surface area contributed by atoms with Gasteiger partial charge in [-0.3, -0.25) is 9.63 Å². The van der Waals surface area contributed by atoms with Crippen LogP contribution in [-0.2, 0) is 16.1 Å². The SMILES string of the molecule is CON(C(=O)Cc1cccnc1Br)C(C)(C)C. The summed E-state index contributed by atoms with van der Waals surface area (Å²) >= 11 is 3.32. The largest absolute Gasteiger partial charge is 0.274 e. The van der Waals surface area contributed by atoms with Crippen molar-refractivity contribution >= 4 is 21.8 Å². The van der Waals surface area contributed by atoms with Crippen LogP contribution in [-0.4, -0.2) is 28.6 Å². The first-order valence-electron chi connectivity index (χ1n) is 5.33. The number of aromatic nitrogens is 1. The molecule has 0 radical (unpaired) electrons. The van der Waals surface area contributed by atoms with Gasteiger partial charge in [-0.05, 0) is 48.3 Å². The predicted molar refractivity (Wildman–Crippen MR) is 69.2 cm³/mol. The molecule has 94 valence electrons. The number of halogens is 1. The van der Waals surface area contributed by atoms with Crippen LogP contribution in [0.2, 0.25) is 0 Å². The normalized spacial score (nSPS) is 11.4. The molecule has 0 unspecified atom stereocenters. The molecule has 0 aliphatic rings. The van der Waals surface area contributed by atoms with E-state index in [1.807, 2.05) is 32.9 Å². The summed E-state index contributed by atoms with van der Waals surface area (Å²) in [6.07, 6.45) is 1.94. The van der Waals surface area contributed by atoms with Gasteiger partial charge >= 0.3 is 0 Å². The molecule has 0 bridgehead atoms. The Morgan fingerprint density at radius 3 is 2.65 bits per heavy atom. The molecule has 1 amide bonds. The number of hydrogen-bond acceptors (Lipinski definition) is 3. The minimum Gasteiger partial charge on any atom is -0.274 e. The van der Waals surface area contributed by atoms with Crippen molar-refractivity contribution < 1.29 is 9.63 Å². The highest BCUT2D eigenvalue weighted by molar-refractivity contribution is 9.10. The van der Waals surface area contributed by atoms with Gasteiger partial charge in [-0.2, -0.15) is 0 Å². The van der Waals surface area contributed by atoms with Gasteiger partial charge in [-0.1, -0.05) is 6.07 Å². The lowest BCUT2D eigenvalue weighted by Crippen LogP contribution is -2.45. The molecular formula is C12H17BrN2O2. The second-order valence-electron chi connectivity index (χ2n) is 4.67. The Balaban J connectivity index is 2.82. The van der Waals surface area contributed by atoms with E-state index < -0.39 is 0 Å². The molecule has 0 fully saturated rings. The van der Waals surface area contributed by atoms with Crippen molar-refractivity contribution in [3.63, 3.8) is 0 Å². The monoisotopic (exact) mass is 300 g/mol. The van der Waals surface area contributed by atoms with Crippen LogP contribution in [0.1, 0.15) is 26.3 Å². The fourth-order valence-electron chi connectivity index (χ4n) is 1.54. The fourth-order valence-corrected chi connectivity index (χ4v) is 1.93. The number of carbonyl (C=O) groups excluding carboxylic acids is 1. The summed E-state index contributed by atoms with van der Waals surface area (Å²) in [6, 6.07) is 3.67. The van der Waals surface area contributed by atoms with Gasteiger partial charge in [-0.25, -0.2) is 10.0 Å². The van der Waals surface area contributed by atoms with Gasteiger partial charge in [0.15, 0.2) is 0 Å². The molecule has 4 nitrogen and oxygen atoms in total. The summed E-state index contributed by atoms with van der Waals surface area (Å²) in [5.74, 6) is -0.0892. The zero-order valence-corrected chi connectivity index (χ0v) is 12.1. The van der Waals surface area contributed by atoms with Gasteiger partial charge in [0.25, 0.3) is 5.91 Å². The molecule has 0 N–H and O–H groups in total. The van der Waals surface area contributed by atoms with E-state index in [1.165, 1.54) is 12.2 Å². The van der Waals surface area contributed by atoms with Crippen LogP contribution in [0.25, 0.3) is 0 Å². The van der Waals surface area contributed by atoms with Gasteiger partial charge in [0, 0.05) is 6.20 Å². The summed E-state index contributed by atoms with van der Waals surface area (Å²) < 4.78 is 0.693. The second kappa shape index (κ2) is 5.60. The van der Waals surface area contributed by atoms with Crippen molar-refractivity contribution in [2.24, 2.45) is 0 Å². The van der Waals surface area contributed by atoms with Gasteiger partial charge in [-0.15, -0.1) is 0 Å². The molecule has 0 aromatic carbocycles. The highest BCUT2D eigenvalue weighted by atomic mass is 79.9. The van der Waals surface area contributed by atoms with Gasteiger partial charge < -0.3 is 0 Å². The molecule has 0 aliphatic carbocycles. The van der Waals surface area contributed by atoms with Gasteiger partial charge in [0.1, 0.15) is 4.60 Å². The van der Waals surface area contributed by atoms with E-state index >= 15 is 0 Å². The van der Waals surface area contributed by atoms with E-state index in [4.69, 9.17) is 4.84 Å². The van der Waals surface area contributed by atoms with E-state index in [9.17, 15) is 4.79 Å². The van der Waals surface area contributed by atoms with Crippen LogP contribution < -0.4 is 0 Å². The fraction of sp³-hybridized carbons (Fsp3) is 0.500. The van der Waals surface area contributed by atoms with Crippen molar-refractivity contribution in [3.8, 4) is 0 Å². The lowest BCUT2D eigenvalue weighted by Gasteiger charge is -2.32. The molecule has 1 heterocycles. The van der Waals surface area contributed by atoms with Crippen LogP contribution >= 0.6 is 15.9 Å². The van der Waals surface area contributed by atoms with Crippen molar-refractivity contribution in [2.45, 2.75) is 32.7 Å². The lowest BCUT2D eigenvalue weighted by molar-refractivity contribution is -0.200. The number of amides is 1. The van der Waals surface area contributed by atoms with E-state index in [1.54, 1.807) is 6.20 Å². The van der Waals surface area contributed by atoms with Crippen LogP contribution in [0.5, 0.6) is 0 Å². The molecule has 17 heavy (non-hydrogen) atoms. The van der Waals surface area contributed by atoms with Gasteiger partial charge in [0.05, 0.1) is 19.1 Å². The Morgan fingerprint density at radius 2 is 2.18 bits per heavy atom. The molecule has 0 saturated heterocycles. The summed E-state index contributed by atoms with van der Waals surface area (Å²) in [5.41, 5.74) is 0.490. The average Bonchev–Trinajstić information content (AvgIpc) is 2.20. The number of pyridine rings is 1. The Hall–Kier alpha value is -0.940. The molecule has 5 heteroatoms. The molecule has 1 aromatic rings. The van der Waals surface area contributed by atoms with Crippen LogP contribution in [0.3, 0.4) is 0 Å². The Labute approximate surface area is 110 Å². The maximum Gasteiger partial charge on any atom is 0.251 e. The molecule has 0 aliphatic heterocycles. The number of rotatable bonds is 3. The highest BCUT2D eigenvalue weighted by Gasteiger charge is 2.27. The quantitative estimate of drug-likeness (QED) is 0.636. The number of nitrogens with zero attached hydrogens (tertiary/aromatic N) is 2. The summed E-state index contributed by atoms with van der Waals surface area (Å²) in [6.45, 7) is 5.77. The van der Waals surface area contributed by atoms with Crippen molar-refractivity contribution in [2.75, 3.05) is 7.11 Å². The molecule has 0 atom stereocenters. The van der Waals surface area contributed by atoms with E-state index in [0.717, 1.165) is 5.56 Å². The third-order valence-electron chi connectivity index (χ3n) is 2.20. The number of hydrogen-bond donors (Lipinski definition) is 0. The van der Waals surface area contributed by atoms with Gasteiger partial charge in [0.2, 0.25) is 0 Å². The molecule has 0 spiro atoms. The van der Waals surface area contributed by atoms with Crippen LogP contribution in [0.4, 0.5) is 0 Å². The van der Waals surface area contributed by atoms with E-state index in [0.29, 0.717) is 4.60 Å². The first kappa shape index (κ1) is 14.1. The first-order valence-corrected chi connectivity index (χ1v) is 6.12. The van der Waals surface area contributed by atoms with E-state index in [-0.39, 0.29) is 17.9 Å². The average molecular weight is 301 g/mol. The summed E-state index contributed by atoms with van der Waals surface area (Å²) in [5, 5.41) is 1.38. The van der Waals surface area contributed by atoms with Crippen molar-refractivity contribution in [1.29, 1.82) is 0 Å².